The second-order valence-corrected chi connectivity index (χ2v) is 9.84. The van der Waals surface area contributed by atoms with E-state index < -0.39 is 17.2 Å². The molecule has 2 aromatic heterocycles. The minimum absolute atomic E-state index is 0.0411. The zero-order chi connectivity index (χ0) is 28.2. The average Bonchev–Trinajstić information content (AvgIpc) is 3.38. The molecule has 206 valence electrons. The lowest BCUT2D eigenvalue weighted by Gasteiger charge is -2.25. The molecule has 1 amide bonds. The fourth-order valence-electron chi connectivity index (χ4n) is 4.27. The van der Waals surface area contributed by atoms with Crippen LogP contribution in [0.4, 0.5) is 24.5 Å². The zero-order valence-corrected chi connectivity index (χ0v) is 22.1. The molecule has 1 atom stereocenters. The summed E-state index contributed by atoms with van der Waals surface area (Å²) in [6.45, 7) is 3.87. The molecule has 0 bridgehead atoms. The number of Topliss-reactive ketones (excluding diaryl/α,β-unsaturated/α-hetero) is 1. The van der Waals surface area contributed by atoms with Crippen molar-refractivity contribution in [3.05, 3.63) is 76.1 Å². The normalized spacial score (nSPS) is 17.2. The number of aromatic nitrogens is 3. The molecule has 1 aliphatic heterocycles. The molecular weight excluding hydrogens is 535 g/mol. The number of carbonyl (C=O) groups excluding carboxylic acids is 2. The average molecular weight is 562 g/mol. The number of nitrogens with zero attached hydrogens (tertiary/aromatic N) is 3. The number of nitrogens with one attached hydrogen (secondary N) is 2. The number of aryl methyl sites for hydroxylation is 2. The fourth-order valence-corrected chi connectivity index (χ4v) is 4.50. The van der Waals surface area contributed by atoms with Crippen LogP contribution in [0.25, 0.3) is 0 Å². The summed E-state index contributed by atoms with van der Waals surface area (Å²) in [5.41, 5.74) is -0.623. The number of rotatable bonds is 9. The van der Waals surface area contributed by atoms with Crippen molar-refractivity contribution in [1.82, 2.24) is 20.3 Å². The van der Waals surface area contributed by atoms with Crippen molar-refractivity contribution in [1.29, 1.82) is 0 Å². The Labute approximate surface area is 228 Å². The number of ketones is 1. The molecular formula is C27H27ClF3N5O3. The van der Waals surface area contributed by atoms with Crippen LogP contribution < -0.4 is 10.6 Å². The van der Waals surface area contributed by atoms with Crippen molar-refractivity contribution in [3.8, 4) is 0 Å². The Morgan fingerprint density at radius 3 is 2.49 bits per heavy atom. The Bertz CT molecular complexity index is 1360. The van der Waals surface area contributed by atoms with Gasteiger partial charge in [0.25, 0.3) is 0 Å². The number of anilines is 2. The monoisotopic (exact) mass is 561 g/mol. The molecule has 1 saturated heterocycles. The van der Waals surface area contributed by atoms with Crippen LogP contribution in [-0.2, 0) is 28.7 Å². The number of ether oxygens (including phenoxy) is 1. The maximum Gasteiger partial charge on any atom is 0.418 e. The Morgan fingerprint density at radius 2 is 1.87 bits per heavy atom. The van der Waals surface area contributed by atoms with Gasteiger partial charge >= 0.3 is 6.18 Å². The lowest BCUT2D eigenvalue weighted by atomic mass is 9.80. The molecule has 0 spiro atoms. The number of pyridine rings is 1. The van der Waals surface area contributed by atoms with Gasteiger partial charge in [-0.3, -0.25) is 14.6 Å². The van der Waals surface area contributed by atoms with Crippen LogP contribution in [0.15, 0.2) is 42.9 Å². The van der Waals surface area contributed by atoms with Crippen LogP contribution in [0, 0.1) is 12.3 Å². The second kappa shape index (κ2) is 11.7. The summed E-state index contributed by atoms with van der Waals surface area (Å²) in [4.78, 5) is 38.7. The van der Waals surface area contributed by atoms with E-state index in [1.54, 1.807) is 13.0 Å². The van der Waals surface area contributed by atoms with Gasteiger partial charge in [0, 0.05) is 31.8 Å². The van der Waals surface area contributed by atoms with Crippen molar-refractivity contribution >= 4 is 34.7 Å². The first kappa shape index (κ1) is 28.4. The van der Waals surface area contributed by atoms with Crippen LogP contribution >= 0.6 is 11.6 Å². The van der Waals surface area contributed by atoms with E-state index in [1.165, 1.54) is 30.7 Å². The van der Waals surface area contributed by atoms with Gasteiger partial charge in [-0.1, -0.05) is 30.2 Å². The quantitative estimate of drug-likeness (QED) is 0.334. The summed E-state index contributed by atoms with van der Waals surface area (Å²) in [7, 11) is 0. The molecule has 3 heterocycles. The number of amides is 1. The molecule has 1 aromatic carbocycles. The Morgan fingerprint density at radius 1 is 1.13 bits per heavy atom. The second-order valence-electron chi connectivity index (χ2n) is 9.43. The predicted octanol–water partition coefficient (Wildman–Crippen LogP) is 5.45. The molecule has 3 aromatic rings. The van der Waals surface area contributed by atoms with E-state index in [9.17, 15) is 22.8 Å². The highest BCUT2D eigenvalue weighted by Crippen LogP contribution is 2.37. The van der Waals surface area contributed by atoms with E-state index in [4.69, 9.17) is 16.3 Å². The van der Waals surface area contributed by atoms with Gasteiger partial charge < -0.3 is 15.4 Å². The van der Waals surface area contributed by atoms with Crippen LogP contribution in [0.3, 0.4) is 0 Å². The molecule has 0 aliphatic carbocycles. The lowest BCUT2D eigenvalue weighted by molar-refractivity contribution is -0.137. The minimum atomic E-state index is -4.54. The first-order chi connectivity index (χ1) is 18.5. The van der Waals surface area contributed by atoms with Crippen molar-refractivity contribution < 1.29 is 27.5 Å². The maximum absolute atomic E-state index is 13.5. The Balaban J connectivity index is 1.43. The summed E-state index contributed by atoms with van der Waals surface area (Å²) in [6, 6.07) is 5.40. The predicted molar refractivity (Wildman–Crippen MR) is 139 cm³/mol. The molecule has 0 saturated carbocycles. The summed E-state index contributed by atoms with van der Waals surface area (Å²) < 4.78 is 45.8. The topological polar surface area (TPSA) is 106 Å². The fraction of sp³-hybridized carbons (Fsp3) is 0.370. The third kappa shape index (κ3) is 6.72. The smallest absolute Gasteiger partial charge is 0.380 e. The summed E-state index contributed by atoms with van der Waals surface area (Å²) in [5.74, 6) is -0.0262. The zero-order valence-electron chi connectivity index (χ0n) is 21.4. The Hall–Kier alpha value is -3.57. The van der Waals surface area contributed by atoms with Crippen LogP contribution in [0.1, 0.15) is 52.8 Å². The van der Waals surface area contributed by atoms with E-state index in [2.05, 4.69) is 25.6 Å². The molecule has 4 rings (SSSR count). The standard InChI is InChI=1S/C27H27ClF3N5O3/c1-3-24-33-11-17(12-34-24)23(37)10-26(6-7-39-15-26)25(38)35-14-22-20(28)9-18(13-32-22)36-21-5-4-16(2)8-19(21)27(29,30)31/h4-5,8-9,11-13,36H,3,6-7,10,14-15H2,1-2H3,(H,35,38)/t26-/m0/s1. The largest absolute Gasteiger partial charge is 0.418 e. The van der Waals surface area contributed by atoms with Gasteiger partial charge in [-0.25, -0.2) is 9.97 Å². The first-order valence-corrected chi connectivity index (χ1v) is 12.7. The van der Waals surface area contributed by atoms with E-state index in [-0.39, 0.29) is 47.7 Å². The SMILES string of the molecule is CCc1ncc(C(=O)C[C@@]2(C(=O)NCc3ncc(Nc4ccc(C)cc4C(F)(F)F)cc3Cl)CCOC2)cn1. The van der Waals surface area contributed by atoms with Gasteiger partial charge in [0.2, 0.25) is 5.91 Å². The van der Waals surface area contributed by atoms with Crippen LogP contribution in [0.2, 0.25) is 5.02 Å². The van der Waals surface area contributed by atoms with Gasteiger partial charge in [-0.15, -0.1) is 0 Å². The van der Waals surface area contributed by atoms with Gasteiger partial charge in [-0.05, 0) is 31.5 Å². The summed E-state index contributed by atoms with van der Waals surface area (Å²) in [5, 5.41) is 5.65. The lowest BCUT2D eigenvalue weighted by Crippen LogP contribution is -2.43. The molecule has 8 nitrogen and oxygen atoms in total. The molecule has 2 N–H and O–H groups in total. The molecule has 1 fully saturated rings. The molecule has 0 radical (unpaired) electrons. The van der Waals surface area contributed by atoms with Crippen molar-refractivity contribution in [2.24, 2.45) is 5.41 Å². The third-order valence-electron chi connectivity index (χ3n) is 6.52. The molecule has 0 unspecified atom stereocenters. The van der Waals surface area contributed by atoms with Gasteiger partial charge in [0.15, 0.2) is 5.78 Å². The maximum atomic E-state index is 13.5. The van der Waals surface area contributed by atoms with E-state index in [1.807, 2.05) is 6.92 Å². The summed E-state index contributed by atoms with van der Waals surface area (Å²) in [6.07, 6.45) is 0.653. The van der Waals surface area contributed by atoms with Crippen LogP contribution in [0.5, 0.6) is 0 Å². The van der Waals surface area contributed by atoms with Crippen molar-refractivity contribution in [3.63, 3.8) is 0 Å². The number of alkyl halides is 3. The van der Waals surface area contributed by atoms with Crippen molar-refractivity contribution in [2.45, 2.75) is 45.8 Å². The highest BCUT2D eigenvalue weighted by molar-refractivity contribution is 6.31. The van der Waals surface area contributed by atoms with E-state index in [0.717, 1.165) is 6.07 Å². The van der Waals surface area contributed by atoms with E-state index >= 15 is 0 Å². The summed E-state index contributed by atoms with van der Waals surface area (Å²) >= 11 is 6.35. The minimum Gasteiger partial charge on any atom is -0.380 e. The highest BCUT2D eigenvalue weighted by atomic mass is 35.5. The third-order valence-corrected chi connectivity index (χ3v) is 6.85. The number of hydrogen-bond donors (Lipinski definition) is 2. The van der Waals surface area contributed by atoms with Gasteiger partial charge in [0.1, 0.15) is 5.82 Å². The highest BCUT2D eigenvalue weighted by Gasteiger charge is 2.44. The van der Waals surface area contributed by atoms with Crippen molar-refractivity contribution in [2.75, 3.05) is 18.5 Å². The molecule has 1 aliphatic rings. The number of benzene rings is 1. The first-order valence-electron chi connectivity index (χ1n) is 12.3. The molecule has 12 heteroatoms. The Kier molecular flexibility index (Phi) is 8.51. The van der Waals surface area contributed by atoms with Gasteiger partial charge in [0.05, 0.1) is 58.0 Å². The number of carbonyl (C=O) groups is 2. The van der Waals surface area contributed by atoms with Crippen LogP contribution in [-0.4, -0.2) is 39.9 Å². The number of halogens is 4. The van der Waals surface area contributed by atoms with Gasteiger partial charge in [-0.2, -0.15) is 13.2 Å². The molecule has 39 heavy (non-hydrogen) atoms. The van der Waals surface area contributed by atoms with E-state index in [0.29, 0.717) is 42.1 Å². The number of hydrogen-bond acceptors (Lipinski definition) is 7.